The Morgan fingerprint density at radius 2 is 1.61 bits per heavy atom. The van der Waals surface area contributed by atoms with Crippen molar-refractivity contribution < 1.29 is 4.79 Å². The van der Waals surface area contributed by atoms with Gasteiger partial charge >= 0.3 is 0 Å². The van der Waals surface area contributed by atoms with Gasteiger partial charge in [-0.15, -0.1) is 0 Å². The highest BCUT2D eigenvalue weighted by atomic mass is 16.2. The average molecular weight is 304 g/mol. The normalized spacial score (nSPS) is 11.6. The SMILES string of the molecule is CC(C)CC(=O)NN=Cc1c2ccccc2cc2ccccc12. The van der Waals surface area contributed by atoms with Gasteiger partial charge in [-0.1, -0.05) is 62.4 Å². The number of carbonyl (C=O) groups is 1. The maximum absolute atomic E-state index is 11.7. The highest BCUT2D eigenvalue weighted by molar-refractivity contribution is 6.13. The van der Waals surface area contributed by atoms with E-state index >= 15 is 0 Å². The van der Waals surface area contributed by atoms with Gasteiger partial charge in [-0.05, 0) is 33.5 Å². The van der Waals surface area contributed by atoms with Crippen molar-refractivity contribution in [1.29, 1.82) is 0 Å². The third-order valence-corrected chi connectivity index (χ3v) is 3.79. The Morgan fingerprint density at radius 1 is 1.04 bits per heavy atom. The molecular weight excluding hydrogens is 284 g/mol. The number of amides is 1. The van der Waals surface area contributed by atoms with E-state index in [1.165, 1.54) is 10.8 Å². The van der Waals surface area contributed by atoms with Crippen molar-refractivity contribution in [2.24, 2.45) is 11.0 Å². The minimum Gasteiger partial charge on any atom is -0.273 e. The van der Waals surface area contributed by atoms with Gasteiger partial charge in [0, 0.05) is 12.0 Å². The van der Waals surface area contributed by atoms with Crippen molar-refractivity contribution in [3.05, 3.63) is 60.2 Å². The van der Waals surface area contributed by atoms with E-state index in [0.717, 1.165) is 16.3 Å². The number of rotatable bonds is 4. The maximum atomic E-state index is 11.7. The van der Waals surface area contributed by atoms with Crippen molar-refractivity contribution in [3.63, 3.8) is 0 Å². The molecule has 0 spiro atoms. The summed E-state index contributed by atoms with van der Waals surface area (Å²) in [6, 6.07) is 18.6. The minimum atomic E-state index is -0.0548. The molecule has 0 radical (unpaired) electrons. The topological polar surface area (TPSA) is 41.5 Å². The molecule has 0 saturated carbocycles. The zero-order chi connectivity index (χ0) is 16.2. The molecule has 0 aliphatic heterocycles. The molecule has 0 unspecified atom stereocenters. The van der Waals surface area contributed by atoms with Crippen LogP contribution in [0.3, 0.4) is 0 Å². The molecule has 0 aliphatic carbocycles. The Hall–Kier alpha value is -2.68. The van der Waals surface area contributed by atoms with E-state index in [0.29, 0.717) is 12.3 Å². The van der Waals surface area contributed by atoms with E-state index in [-0.39, 0.29) is 5.91 Å². The number of hydrogen-bond donors (Lipinski definition) is 1. The molecular formula is C20H20N2O. The third kappa shape index (κ3) is 3.39. The summed E-state index contributed by atoms with van der Waals surface area (Å²) in [6.07, 6.45) is 2.23. The fourth-order valence-electron chi connectivity index (χ4n) is 2.77. The smallest absolute Gasteiger partial charge is 0.240 e. The van der Waals surface area contributed by atoms with Crippen LogP contribution < -0.4 is 5.43 Å². The lowest BCUT2D eigenvalue weighted by molar-refractivity contribution is -0.121. The molecule has 1 N–H and O–H groups in total. The predicted molar refractivity (Wildman–Crippen MR) is 96.6 cm³/mol. The maximum Gasteiger partial charge on any atom is 0.240 e. The van der Waals surface area contributed by atoms with Gasteiger partial charge in [-0.3, -0.25) is 4.79 Å². The molecule has 0 fully saturated rings. The molecule has 0 atom stereocenters. The van der Waals surface area contributed by atoms with Crippen molar-refractivity contribution in [1.82, 2.24) is 5.43 Å². The van der Waals surface area contributed by atoms with Gasteiger partial charge in [-0.25, -0.2) is 5.43 Å². The summed E-state index contributed by atoms with van der Waals surface area (Å²) < 4.78 is 0. The fourth-order valence-corrected chi connectivity index (χ4v) is 2.77. The molecule has 3 aromatic rings. The van der Waals surface area contributed by atoms with Crippen molar-refractivity contribution in [2.45, 2.75) is 20.3 Å². The van der Waals surface area contributed by atoms with Crippen LogP contribution in [0.4, 0.5) is 0 Å². The zero-order valence-corrected chi connectivity index (χ0v) is 13.4. The van der Waals surface area contributed by atoms with Gasteiger partial charge < -0.3 is 0 Å². The van der Waals surface area contributed by atoms with Gasteiger partial charge in [0.1, 0.15) is 0 Å². The van der Waals surface area contributed by atoms with Crippen LogP contribution in [0.15, 0.2) is 59.7 Å². The summed E-state index contributed by atoms with van der Waals surface area (Å²) in [4.78, 5) is 11.7. The molecule has 0 aliphatic rings. The first-order valence-electron chi connectivity index (χ1n) is 7.87. The predicted octanol–water partition coefficient (Wildman–Crippen LogP) is 4.49. The number of carbonyl (C=O) groups excluding carboxylic acids is 1. The summed E-state index contributed by atoms with van der Waals surface area (Å²) in [5.74, 6) is 0.268. The van der Waals surface area contributed by atoms with Crippen molar-refractivity contribution in [2.75, 3.05) is 0 Å². The number of benzene rings is 3. The lowest BCUT2D eigenvalue weighted by atomic mass is 9.97. The summed E-state index contributed by atoms with van der Waals surface area (Å²) >= 11 is 0. The largest absolute Gasteiger partial charge is 0.273 e. The van der Waals surface area contributed by atoms with Gasteiger partial charge in [-0.2, -0.15) is 5.10 Å². The molecule has 1 amide bonds. The number of nitrogens with one attached hydrogen (secondary N) is 1. The zero-order valence-electron chi connectivity index (χ0n) is 13.4. The number of nitrogens with zero attached hydrogens (tertiary/aromatic N) is 1. The lowest BCUT2D eigenvalue weighted by Crippen LogP contribution is -2.19. The Labute approximate surface area is 136 Å². The van der Waals surface area contributed by atoms with Crippen LogP contribution in [0.2, 0.25) is 0 Å². The quantitative estimate of drug-likeness (QED) is 0.431. The van der Waals surface area contributed by atoms with Crippen LogP contribution in [0.5, 0.6) is 0 Å². The van der Waals surface area contributed by atoms with E-state index in [9.17, 15) is 4.79 Å². The number of hydrazone groups is 1. The Kier molecular flexibility index (Phi) is 4.38. The summed E-state index contributed by atoms with van der Waals surface area (Å²) in [5, 5.41) is 8.77. The molecule has 3 aromatic carbocycles. The van der Waals surface area contributed by atoms with Crippen LogP contribution in [-0.4, -0.2) is 12.1 Å². The van der Waals surface area contributed by atoms with Crippen molar-refractivity contribution in [3.8, 4) is 0 Å². The van der Waals surface area contributed by atoms with Crippen LogP contribution in [-0.2, 0) is 4.79 Å². The number of hydrogen-bond acceptors (Lipinski definition) is 2. The monoisotopic (exact) mass is 304 g/mol. The first-order valence-corrected chi connectivity index (χ1v) is 7.87. The molecule has 23 heavy (non-hydrogen) atoms. The highest BCUT2D eigenvalue weighted by Gasteiger charge is 2.06. The van der Waals surface area contributed by atoms with Gasteiger partial charge in [0.05, 0.1) is 6.21 Å². The third-order valence-electron chi connectivity index (χ3n) is 3.79. The standard InChI is InChI=1S/C20H20N2O/c1-14(2)11-20(23)22-21-13-19-17-9-5-3-7-15(17)12-16-8-4-6-10-18(16)19/h3-10,12-14H,11H2,1-2H3,(H,22,23). The van der Waals surface area contributed by atoms with E-state index in [1.54, 1.807) is 6.21 Å². The summed E-state index contributed by atoms with van der Waals surface area (Å²) in [6.45, 7) is 4.03. The molecule has 0 saturated heterocycles. The van der Waals surface area contributed by atoms with Crippen LogP contribution in [0, 0.1) is 5.92 Å². The van der Waals surface area contributed by atoms with E-state index < -0.39 is 0 Å². The Morgan fingerprint density at radius 3 is 2.17 bits per heavy atom. The van der Waals surface area contributed by atoms with Gasteiger partial charge in [0.2, 0.25) is 5.91 Å². The van der Waals surface area contributed by atoms with E-state index in [4.69, 9.17) is 0 Å². The first kappa shape index (κ1) is 15.2. The molecule has 0 aromatic heterocycles. The average Bonchev–Trinajstić information content (AvgIpc) is 2.53. The lowest BCUT2D eigenvalue weighted by Gasteiger charge is -2.08. The molecule has 3 nitrogen and oxygen atoms in total. The van der Waals surface area contributed by atoms with E-state index in [2.05, 4.69) is 40.9 Å². The highest BCUT2D eigenvalue weighted by Crippen LogP contribution is 2.27. The molecule has 0 heterocycles. The molecule has 0 bridgehead atoms. The van der Waals surface area contributed by atoms with Crippen LogP contribution in [0.25, 0.3) is 21.5 Å². The first-order chi connectivity index (χ1) is 11.1. The second-order valence-corrected chi connectivity index (χ2v) is 6.12. The second kappa shape index (κ2) is 6.61. The van der Waals surface area contributed by atoms with Crippen molar-refractivity contribution >= 4 is 33.7 Å². The summed E-state index contributed by atoms with van der Waals surface area (Å²) in [5.41, 5.74) is 3.65. The molecule has 116 valence electrons. The molecule has 3 heteroatoms. The fraction of sp³-hybridized carbons (Fsp3) is 0.200. The van der Waals surface area contributed by atoms with E-state index in [1.807, 2.05) is 38.1 Å². The van der Waals surface area contributed by atoms with Crippen LogP contribution >= 0.6 is 0 Å². The van der Waals surface area contributed by atoms with Gasteiger partial charge in [0.25, 0.3) is 0 Å². The Balaban J connectivity index is 2.02. The molecule has 3 rings (SSSR count). The van der Waals surface area contributed by atoms with Gasteiger partial charge in [0.15, 0.2) is 0 Å². The minimum absolute atomic E-state index is 0.0548. The Bertz CT molecular complexity index is 827. The van der Waals surface area contributed by atoms with Crippen LogP contribution in [0.1, 0.15) is 25.8 Å². The summed E-state index contributed by atoms with van der Waals surface area (Å²) in [7, 11) is 0. The second-order valence-electron chi connectivity index (χ2n) is 6.12. The number of fused-ring (bicyclic) bond motifs is 2.